The lowest BCUT2D eigenvalue weighted by Gasteiger charge is -2.15. The van der Waals surface area contributed by atoms with Crippen molar-refractivity contribution in [3.05, 3.63) is 63.2 Å². The molecule has 3 aromatic rings. The van der Waals surface area contributed by atoms with E-state index in [2.05, 4.69) is 42.9 Å². The summed E-state index contributed by atoms with van der Waals surface area (Å²) in [5.41, 5.74) is 8.79. The number of nitriles is 1. The van der Waals surface area contributed by atoms with Crippen LogP contribution in [-0.4, -0.2) is 10.1 Å². The first kappa shape index (κ1) is 16.5. The maximum absolute atomic E-state index is 10.5. The molecule has 24 heavy (non-hydrogen) atoms. The van der Waals surface area contributed by atoms with E-state index < -0.39 is 0 Å². The summed E-state index contributed by atoms with van der Waals surface area (Å²) >= 11 is 6.75. The number of rotatable bonds is 2. The van der Waals surface area contributed by atoms with Crippen LogP contribution in [-0.2, 0) is 0 Å². The predicted molar refractivity (Wildman–Crippen MR) is 101 cm³/mol. The van der Waals surface area contributed by atoms with Gasteiger partial charge in [0.25, 0.3) is 0 Å². The van der Waals surface area contributed by atoms with Gasteiger partial charge in [0.15, 0.2) is 0 Å². The number of anilines is 1. The zero-order chi connectivity index (χ0) is 17.3. The van der Waals surface area contributed by atoms with Gasteiger partial charge in [0, 0.05) is 27.4 Å². The molecule has 0 saturated heterocycles. The minimum atomic E-state index is 0.0393. The number of aromatic nitrogens is 1. The van der Waals surface area contributed by atoms with Crippen molar-refractivity contribution in [3.63, 3.8) is 0 Å². The second kappa shape index (κ2) is 6.63. The van der Waals surface area contributed by atoms with E-state index in [1.165, 1.54) is 0 Å². The third-order valence-corrected chi connectivity index (χ3v) is 4.66. The van der Waals surface area contributed by atoms with Crippen molar-refractivity contribution in [3.8, 4) is 34.1 Å². The molecule has 0 aliphatic heterocycles. The lowest BCUT2D eigenvalue weighted by atomic mass is 9.92. The van der Waals surface area contributed by atoms with Crippen molar-refractivity contribution in [1.29, 1.82) is 5.26 Å². The van der Waals surface area contributed by atoms with Gasteiger partial charge >= 0.3 is 0 Å². The monoisotopic (exact) mass is 443 g/mol. The summed E-state index contributed by atoms with van der Waals surface area (Å²) in [7, 11) is 0. The van der Waals surface area contributed by atoms with Gasteiger partial charge in [0.2, 0.25) is 0 Å². The van der Waals surface area contributed by atoms with Gasteiger partial charge in [-0.2, -0.15) is 5.26 Å². The minimum absolute atomic E-state index is 0.0393. The summed E-state index contributed by atoms with van der Waals surface area (Å²) in [6, 6.07) is 15.1. The van der Waals surface area contributed by atoms with Crippen LogP contribution in [0.5, 0.6) is 5.75 Å². The molecule has 0 aliphatic rings. The second-order valence-electron chi connectivity index (χ2n) is 5.07. The Balaban J connectivity index is 2.43. The number of phenols is 1. The Morgan fingerprint density at radius 1 is 1.08 bits per heavy atom. The Hall–Kier alpha value is -2.36. The van der Waals surface area contributed by atoms with Crippen LogP contribution in [0.3, 0.4) is 0 Å². The molecule has 0 unspecified atom stereocenters. The summed E-state index contributed by atoms with van der Waals surface area (Å²) in [5, 5.41) is 20.1. The molecular formula is C18H11Br2N3O. The van der Waals surface area contributed by atoms with Crippen LogP contribution >= 0.6 is 31.9 Å². The van der Waals surface area contributed by atoms with Crippen molar-refractivity contribution in [2.75, 3.05) is 5.73 Å². The summed E-state index contributed by atoms with van der Waals surface area (Å²) in [6.07, 6.45) is 1.62. The van der Waals surface area contributed by atoms with Gasteiger partial charge in [-0.1, -0.05) is 46.3 Å². The Morgan fingerprint density at radius 2 is 1.79 bits per heavy atom. The van der Waals surface area contributed by atoms with Crippen LogP contribution in [0.15, 0.2) is 57.6 Å². The van der Waals surface area contributed by atoms with Crippen LogP contribution in [0.1, 0.15) is 5.56 Å². The number of nitrogens with two attached hydrogens (primary N) is 1. The number of hydrogen-bond donors (Lipinski definition) is 2. The lowest BCUT2D eigenvalue weighted by molar-refractivity contribution is 0.474. The standard InChI is InChI=1S/C18H11Br2N3O/c19-11-6-12(17(24)15(20)7-11)16-13(8-21)18(22)23-9-14(16)10-4-2-1-3-5-10/h1-7,9,24H,(H2,22,23). The Morgan fingerprint density at radius 3 is 2.46 bits per heavy atom. The largest absolute Gasteiger partial charge is 0.506 e. The number of phenolic OH excluding ortho intramolecular Hbond substituents is 1. The number of benzene rings is 2. The molecule has 1 heterocycles. The van der Waals surface area contributed by atoms with Crippen LogP contribution in [0.2, 0.25) is 0 Å². The first-order valence-corrected chi connectivity index (χ1v) is 8.54. The quantitative estimate of drug-likeness (QED) is 0.575. The van der Waals surface area contributed by atoms with Gasteiger partial charge in [0.1, 0.15) is 23.2 Å². The molecular weight excluding hydrogens is 434 g/mol. The number of aromatic hydroxyl groups is 1. The van der Waals surface area contributed by atoms with E-state index in [9.17, 15) is 10.4 Å². The predicted octanol–water partition coefficient (Wildman–Crippen LogP) is 5.10. The topological polar surface area (TPSA) is 82.9 Å². The molecule has 0 bridgehead atoms. The van der Waals surface area contributed by atoms with E-state index in [-0.39, 0.29) is 17.1 Å². The number of pyridine rings is 1. The normalized spacial score (nSPS) is 10.4. The van der Waals surface area contributed by atoms with Crippen molar-refractivity contribution in [2.24, 2.45) is 0 Å². The number of hydrogen-bond acceptors (Lipinski definition) is 4. The zero-order valence-corrected chi connectivity index (χ0v) is 15.5. The molecule has 0 saturated carbocycles. The molecule has 3 rings (SSSR count). The fourth-order valence-corrected chi connectivity index (χ4v) is 3.74. The Labute approximate surface area is 155 Å². The van der Waals surface area contributed by atoms with Gasteiger partial charge < -0.3 is 10.8 Å². The summed E-state index contributed by atoms with van der Waals surface area (Å²) in [6.45, 7) is 0. The van der Waals surface area contributed by atoms with E-state index in [0.717, 1.165) is 15.6 Å². The second-order valence-corrected chi connectivity index (χ2v) is 6.84. The van der Waals surface area contributed by atoms with E-state index in [1.807, 2.05) is 30.3 Å². The van der Waals surface area contributed by atoms with Crippen LogP contribution in [0.4, 0.5) is 5.82 Å². The fourth-order valence-electron chi connectivity index (χ4n) is 2.51. The first-order chi connectivity index (χ1) is 11.5. The van der Waals surface area contributed by atoms with E-state index in [4.69, 9.17) is 5.73 Å². The molecule has 0 radical (unpaired) electrons. The van der Waals surface area contributed by atoms with Gasteiger partial charge in [-0.15, -0.1) is 0 Å². The molecule has 0 amide bonds. The fraction of sp³-hybridized carbons (Fsp3) is 0. The number of nitrogen functional groups attached to an aromatic ring is 1. The van der Waals surface area contributed by atoms with Gasteiger partial charge in [-0.3, -0.25) is 0 Å². The first-order valence-electron chi connectivity index (χ1n) is 6.95. The molecule has 0 fully saturated rings. The van der Waals surface area contributed by atoms with E-state index in [0.29, 0.717) is 15.6 Å². The van der Waals surface area contributed by atoms with Crippen molar-refractivity contribution in [2.45, 2.75) is 0 Å². The molecule has 2 aromatic carbocycles. The minimum Gasteiger partial charge on any atom is -0.506 e. The maximum atomic E-state index is 10.5. The van der Waals surface area contributed by atoms with Crippen LogP contribution in [0, 0.1) is 11.3 Å². The Bertz CT molecular complexity index is 966. The van der Waals surface area contributed by atoms with Crippen molar-refractivity contribution < 1.29 is 5.11 Å². The molecule has 1 aromatic heterocycles. The zero-order valence-electron chi connectivity index (χ0n) is 12.3. The number of halogens is 2. The number of nitrogens with zero attached hydrogens (tertiary/aromatic N) is 2. The smallest absolute Gasteiger partial charge is 0.141 e. The highest BCUT2D eigenvalue weighted by atomic mass is 79.9. The van der Waals surface area contributed by atoms with Gasteiger partial charge in [0.05, 0.1) is 4.47 Å². The average Bonchev–Trinajstić information content (AvgIpc) is 2.58. The molecule has 0 atom stereocenters. The molecule has 3 N–H and O–H groups in total. The molecule has 4 nitrogen and oxygen atoms in total. The summed E-state index contributed by atoms with van der Waals surface area (Å²) < 4.78 is 1.28. The molecule has 0 spiro atoms. The van der Waals surface area contributed by atoms with Crippen molar-refractivity contribution >= 4 is 37.7 Å². The summed E-state index contributed by atoms with van der Waals surface area (Å²) in [4.78, 5) is 4.14. The third kappa shape index (κ3) is 2.88. The highest BCUT2D eigenvalue weighted by Gasteiger charge is 2.20. The average molecular weight is 445 g/mol. The summed E-state index contributed by atoms with van der Waals surface area (Å²) in [5.74, 6) is 0.167. The van der Waals surface area contributed by atoms with Gasteiger partial charge in [-0.25, -0.2) is 4.98 Å². The lowest BCUT2D eigenvalue weighted by Crippen LogP contribution is -2.00. The highest BCUT2D eigenvalue weighted by Crippen LogP contribution is 2.44. The SMILES string of the molecule is N#Cc1c(N)ncc(-c2ccccc2)c1-c1cc(Br)cc(Br)c1O. The Kier molecular flexibility index (Phi) is 4.56. The third-order valence-electron chi connectivity index (χ3n) is 3.60. The molecule has 6 heteroatoms. The van der Waals surface area contributed by atoms with Crippen LogP contribution < -0.4 is 5.73 Å². The van der Waals surface area contributed by atoms with E-state index >= 15 is 0 Å². The van der Waals surface area contributed by atoms with Gasteiger partial charge in [-0.05, 0) is 33.6 Å². The van der Waals surface area contributed by atoms with Crippen LogP contribution in [0.25, 0.3) is 22.3 Å². The highest BCUT2D eigenvalue weighted by molar-refractivity contribution is 9.11. The molecule has 0 aliphatic carbocycles. The van der Waals surface area contributed by atoms with Crippen molar-refractivity contribution in [1.82, 2.24) is 4.98 Å². The van der Waals surface area contributed by atoms with E-state index in [1.54, 1.807) is 18.3 Å². The molecule has 118 valence electrons. The maximum Gasteiger partial charge on any atom is 0.141 e.